The van der Waals surface area contributed by atoms with Crippen LogP contribution in [-0.4, -0.2) is 32.6 Å². The van der Waals surface area contributed by atoms with Crippen LogP contribution in [0.4, 0.5) is 0 Å². The van der Waals surface area contributed by atoms with Crippen LogP contribution in [0.1, 0.15) is 52.9 Å². The molecule has 0 bridgehead atoms. The van der Waals surface area contributed by atoms with Crippen LogP contribution in [0.5, 0.6) is 0 Å². The minimum Gasteiger partial charge on any atom is -0.331 e. The number of aromatic nitrogens is 3. The van der Waals surface area contributed by atoms with E-state index in [0.717, 1.165) is 39.4 Å². The smallest absolute Gasteiger partial charge is 0.272 e. The standard InChI is InChI=1S/C23H22N4OS/c1-15(22-24-18-10-6-7-11-21(18)29-22)26(2)23(28)20-14-19(16-12-13-16)25-27(20)17-8-4-3-5-9-17/h3-11,14-16H,12-13H2,1-2H3/t15-/m0/s1. The van der Waals surface area contributed by atoms with Gasteiger partial charge in [-0.05, 0) is 50.1 Å². The van der Waals surface area contributed by atoms with Crippen molar-refractivity contribution in [2.45, 2.75) is 31.7 Å². The molecule has 2 heterocycles. The zero-order valence-corrected chi connectivity index (χ0v) is 17.3. The molecule has 2 aromatic heterocycles. The molecule has 1 atom stereocenters. The minimum absolute atomic E-state index is 0.0417. The molecule has 0 N–H and O–H groups in total. The van der Waals surface area contributed by atoms with Gasteiger partial charge >= 0.3 is 0 Å². The van der Waals surface area contributed by atoms with Crippen molar-refractivity contribution in [1.82, 2.24) is 19.7 Å². The molecule has 0 spiro atoms. The second-order valence-corrected chi connectivity index (χ2v) is 8.65. The molecule has 2 aromatic carbocycles. The summed E-state index contributed by atoms with van der Waals surface area (Å²) in [6.07, 6.45) is 2.30. The van der Waals surface area contributed by atoms with Gasteiger partial charge in [-0.15, -0.1) is 11.3 Å². The predicted molar refractivity (Wildman–Crippen MR) is 116 cm³/mol. The van der Waals surface area contributed by atoms with Crippen LogP contribution in [0.3, 0.4) is 0 Å². The summed E-state index contributed by atoms with van der Waals surface area (Å²) in [5, 5.41) is 5.71. The summed E-state index contributed by atoms with van der Waals surface area (Å²) in [4.78, 5) is 20.0. The predicted octanol–water partition coefficient (Wildman–Crippen LogP) is 5.19. The van der Waals surface area contributed by atoms with Gasteiger partial charge in [0, 0.05) is 13.0 Å². The molecule has 0 saturated heterocycles. The van der Waals surface area contributed by atoms with Crippen molar-refractivity contribution < 1.29 is 4.79 Å². The average molecular weight is 403 g/mol. The van der Waals surface area contributed by atoms with Crippen molar-refractivity contribution in [3.63, 3.8) is 0 Å². The number of fused-ring (bicyclic) bond motifs is 1. The van der Waals surface area contributed by atoms with Crippen LogP contribution in [0.15, 0.2) is 60.7 Å². The third kappa shape index (κ3) is 3.34. The molecule has 1 aliphatic rings. The number of amides is 1. The second kappa shape index (κ2) is 7.12. The van der Waals surface area contributed by atoms with Crippen LogP contribution in [-0.2, 0) is 0 Å². The summed E-state index contributed by atoms with van der Waals surface area (Å²) in [5.74, 6) is 0.443. The molecular weight excluding hydrogens is 380 g/mol. The highest BCUT2D eigenvalue weighted by Gasteiger charge is 2.31. The zero-order valence-electron chi connectivity index (χ0n) is 16.4. The quantitative estimate of drug-likeness (QED) is 0.461. The molecule has 5 rings (SSSR count). The molecule has 0 aliphatic heterocycles. The van der Waals surface area contributed by atoms with E-state index in [1.54, 1.807) is 20.9 Å². The lowest BCUT2D eigenvalue weighted by Gasteiger charge is -2.23. The molecule has 4 aromatic rings. The average Bonchev–Trinajstić information content (AvgIpc) is 3.36. The third-order valence-corrected chi connectivity index (χ3v) is 6.72. The number of carbonyl (C=O) groups excluding carboxylic acids is 1. The Morgan fingerprint density at radius 2 is 1.86 bits per heavy atom. The summed E-state index contributed by atoms with van der Waals surface area (Å²) in [6, 6.07) is 19.8. The summed E-state index contributed by atoms with van der Waals surface area (Å²) < 4.78 is 2.93. The second-order valence-electron chi connectivity index (χ2n) is 7.59. The normalized spacial score (nSPS) is 14.8. The van der Waals surface area contributed by atoms with Gasteiger partial charge in [0.1, 0.15) is 10.7 Å². The highest BCUT2D eigenvalue weighted by molar-refractivity contribution is 7.18. The fourth-order valence-electron chi connectivity index (χ4n) is 3.49. The number of thiazole rings is 1. The molecule has 6 heteroatoms. The van der Waals surface area contributed by atoms with Crippen molar-refractivity contribution in [2.24, 2.45) is 0 Å². The lowest BCUT2D eigenvalue weighted by atomic mass is 10.2. The zero-order chi connectivity index (χ0) is 20.0. The number of para-hydroxylation sites is 2. The van der Waals surface area contributed by atoms with E-state index in [1.165, 1.54) is 0 Å². The van der Waals surface area contributed by atoms with E-state index in [4.69, 9.17) is 10.1 Å². The van der Waals surface area contributed by atoms with Crippen LogP contribution in [0.2, 0.25) is 0 Å². The van der Waals surface area contributed by atoms with Crippen molar-refractivity contribution >= 4 is 27.5 Å². The maximum atomic E-state index is 13.5. The van der Waals surface area contributed by atoms with Crippen molar-refractivity contribution in [3.8, 4) is 5.69 Å². The number of hydrogen-bond donors (Lipinski definition) is 0. The van der Waals surface area contributed by atoms with Crippen molar-refractivity contribution in [3.05, 3.63) is 77.1 Å². The molecular formula is C23H22N4OS. The topological polar surface area (TPSA) is 51.0 Å². The molecule has 1 fully saturated rings. The number of carbonyl (C=O) groups is 1. The first-order valence-electron chi connectivity index (χ1n) is 9.90. The minimum atomic E-state index is -0.122. The molecule has 0 radical (unpaired) electrons. The Labute approximate surface area is 173 Å². The highest BCUT2D eigenvalue weighted by Crippen LogP contribution is 2.40. The fraction of sp³-hybridized carbons (Fsp3) is 0.261. The van der Waals surface area contributed by atoms with E-state index >= 15 is 0 Å². The van der Waals surface area contributed by atoms with E-state index in [9.17, 15) is 4.79 Å². The molecule has 1 aliphatic carbocycles. The van der Waals surface area contributed by atoms with Gasteiger partial charge < -0.3 is 4.90 Å². The van der Waals surface area contributed by atoms with Gasteiger partial charge in [0.2, 0.25) is 0 Å². The van der Waals surface area contributed by atoms with Crippen LogP contribution < -0.4 is 0 Å². The van der Waals surface area contributed by atoms with Crippen molar-refractivity contribution in [1.29, 1.82) is 0 Å². The monoisotopic (exact) mass is 402 g/mol. The summed E-state index contributed by atoms with van der Waals surface area (Å²) in [6.45, 7) is 2.03. The number of hydrogen-bond acceptors (Lipinski definition) is 4. The van der Waals surface area contributed by atoms with Gasteiger partial charge in [0.05, 0.1) is 27.6 Å². The van der Waals surface area contributed by atoms with E-state index in [2.05, 4.69) is 6.07 Å². The van der Waals surface area contributed by atoms with E-state index < -0.39 is 0 Å². The van der Waals surface area contributed by atoms with Gasteiger partial charge in [-0.1, -0.05) is 30.3 Å². The van der Waals surface area contributed by atoms with E-state index in [1.807, 2.05) is 68.6 Å². The first-order chi connectivity index (χ1) is 14.1. The summed E-state index contributed by atoms with van der Waals surface area (Å²) in [5.41, 5.74) is 3.50. The maximum absolute atomic E-state index is 13.5. The van der Waals surface area contributed by atoms with E-state index in [0.29, 0.717) is 11.6 Å². The third-order valence-electron chi connectivity index (χ3n) is 5.51. The Kier molecular flexibility index (Phi) is 4.43. The lowest BCUT2D eigenvalue weighted by Crippen LogP contribution is -2.31. The number of rotatable bonds is 5. The summed E-state index contributed by atoms with van der Waals surface area (Å²) in [7, 11) is 1.85. The fourth-order valence-corrected chi connectivity index (χ4v) is 4.55. The Balaban J connectivity index is 1.49. The Bertz CT molecular complexity index is 1140. The SMILES string of the molecule is C[C@@H](c1nc2ccccc2s1)N(C)C(=O)c1cc(C2CC2)nn1-c1ccccc1. The Morgan fingerprint density at radius 3 is 2.59 bits per heavy atom. The van der Waals surface area contributed by atoms with Crippen LogP contribution in [0, 0.1) is 0 Å². The number of benzene rings is 2. The molecule has 1 amide bonds. The lowest BCUT2D eigenvalue weighted by molar-refractivity contribution is 0.0733. The molecule has 1 saturated carbocycles. The van der Waals surface area contributed by atoms with Gasteiger partial charge in [-0.25, -0.2) is 9.67 Å². The van der Waals surface area contributed by atoms with Crippen molar-refractivity contribution in [2.75, 3.05) is 7.05 Å². The first-order valence-corrected chi connectivity index (χ1v) is 10.7. The molecule has 146 valence electrons. The Hall–Kier alpha value is -2.99. The highest BCUT2D eigenvalue weighted by atomic mass is 32.1. The van der Waals surface area contributed by atoms with Crippen LogP contribution in [0.25, 0.3) is 15.9 Å². The molecule has 0 unspecified atom stereocenters. The van der Waals surface area contributed by atoms with Gasteiger partial charge in [-0.2, -0.15) is 5.10 Å². The Morgan fingerprint density at radius 1 is 1.14 bits per heavy atom. The first kappa shape index (κ1) is 18.1. The largest absolute Gasteiger partial charge is 0.331 e. The summed E-state index contributed by atoms with van der Waals surface area (Å²) >= 11 is 1.64. The van der Waals surface area contributed by atoms with Crippen LogP contribution >= 0.6 is 11.3 Å². The maximum Gasteiger partial charge on any atom is 0.272 e. The van der Waals surface area contributed by atoms with Gasteiger partial charge in [0.25, 0.3) is 5.91 Å². The van der Waals surface area contributed by atoms with Gasteiger partial charge in [-0.3, -0.25) is 4.79 Å². The molecule has 5 nitrogen and oxygen atoms in total. The van der Waals surface area contributed by atoms with E-state index in [-0.39, 0.29) is 11.9 Å². The van der Waals surface area contributed by atoms with Gasteiger partial charge in [0.15, 0.2) is 0 Å². The molecule has 29 heavy (non-hydrogen) atoms. The number of nitrogens with zero attached hydrogens (tertiary/aromatic N) is 4.